The monoisotopic (exact) mass is 382 g/mol. The molecule has 1 unspecified atom stereocenters. The van der Waals surface area contributed by atoms with Crippen molar-refractivity contribution in [1.82, 2.24) is 0 Å². The maximum absolute atomic E-state index is 12.1. The highest BCUT2D eigenvalue weighted by Crippen LogP contribution is 2.41. The number of hydrogen-bond donors (Lipinski definition) is 0. The Hall–Kier alpha value is -2.40. The predicted molar refractivity (Wildman–Crippen MR) is 114 cm³/mol. The van der Waals surface area contributed by atoms with Crippen LogP contribution in [0.15, 0.2) is 65.1 Å². The normalized spacial score (nSPS) is 19.4. The molecule has 3 rings (SSSR count). The van der Waals surface area contributed by atoms with Gasteiger partial charge in [-0.15, -0.1) is 4.40 Å². The average Bonchev–Trinajstić information content (AvgIpc) is 2.70. The molecule has 2 aromatic carbocycles. The summed E-state index contributed by atoms with van der Waals surface area (Å²) in [5.74, 6) is 0.378. The number of anilines is 1. The average molecular weight is 383 g/mol. The SMILES string of the molecule is CN1/C(=N/S(C)(=O)=O)C(C(C)(C)C)C=C(c2ccccc2)c2ccccc21. The van der Waals surface area contributed by atoms with Crippen LogP contribution in [0.4, 0.5) is 5.69 Å². The van der Waals surface area contributed by atoms with Crippen LogP contribution in [0.2, 0.25) is 0 Å². The summed E-state index contributed by atoms with van der Waals surface area (Å²) in [6.07, 6.45) is 3.31. The van der Waals surface area contributed by atoms with Crippen molar-refractivity contribution < 1.29 is 8.42 Å². The van der Waals surface area contributed by atoms with Crippen molar-refractivity contribution in [3.05, 3.63) is 71.8 Å². The minimum Gasteiger partial charge on any atom is -0.331 e. The first-order valence-electron chi connectivity index (χ1n) is 8.98. The van der Waals surface area contributed by atoms with Gasteiger partial charge in [-0.1, -0.05) is 75.4 Å². The zero-order valence-corrected chi connectivity index (χ0v) is 17.3. The van der Waals surface area contributed by atoms with Crippen LogP contribution < -0.4 is 4.90 Å². The van der Waals surface area contributed by atoms with E-state index in [4.69, 9.17) is 0 Å². The lowest BCUT2D eigenvalue weighted by atomic mass is 9.78. The molecule has 0 aromatic heterocycles. The number of rotatable bonds is 2. The molecule has 27 heavy (non-hydrogen) atoms. The number of amidine groups is 1. The van der Waals surface area contributed by atoms with Crippen LogP contribution in [0.3, 0.4) is 0 Å². The van der Waals surface area contributed by atoms with Crippen molar-refractivity contribution in [3.8, 4) is 0 Å². The minimum atomic E-state index is -3.53. The van der Waals surface area contributed by atoms with E-state index in [9.17, 15) is 8.42 Å². The highest BCUT2D eigenvalue weighted by atomic mass is 32.2. The smallest absolute Gasteiger partial charge is 0.251 e. The summed E-state index contributed by atoms with van der Waals surface area (Å²) in [7, 11) is -1.64. The van der Waals surface area contributed by atoms with Crippen LogP contribution in [-0.4, -0.2) is 27.6 Å². The van der Waals surface area contributed by atoms with E-state index in [1.54, 1.807) is 0 Å². The molecule has 0 radical (unpaired) electrons. The molecule has 0 amide bonds. The largest absolute Gasteiger partial charge is 0.331 e. The zero-order chi connectivity index (χ0) is 19.8. The first kappa shape index (κ1) is 19.4. The Bertz CT molecular complexity index is 1000. The minimum absolute atomic E-state index is 0.167. The first-order chi connectivity index (χ1) is 12.6. The number of fused-ring (bicyclic) bond motifs is 1. The van der Waals surface area contributed by atoms with E-state index in [2.05, 4.69) is 49.4 Å². The molecule has 1 heterocycles. The first-order valence-corrected chi connectivity index (χ1v) is 10.8. The molecule has 0 N–H and O–H groups in total. The lowest BCUT2D eigenvalue weighted by Crippen LogP contribution is -2.38. The molecule has 0 bridgehead atoms. The number of benzene rings is 2. The maximum atomic E-state index is 12.1. The molecule has 0 aliphatic carbocycles. The Balaban J connectivity index is 2.37. The predicted octanol–water partition coefficient (Wildman–Crippen LogP) is 4.59. The standard InChI is InChI=1S/C22H26N2O2S/c1-22(2,3)19-15-18(16-11-7-6-8-12-16)17-13-9-10-14-20(17)24(4)21(19)23-27(5,25)26/h6-15,19H,1-5H3/b23-21+. The fourth-order valence-corrected chi connectivity index (χ4v) is 4.03. The van der Waals surface area contributed by atoms with Gasteiger partial charge in [0.25, 0.3) is 10.0 Å². The van der Waals surface area contributed by atoms with Crippen LogP contribution in [0.1, 0.15) is 31.9 Å². The van der Waals surface area contributed by atoms with Gasteiger partial charge in [-0.05, 0) is 22.6 Å². The lowest BCUT2D eigenvalue weighted by molar-refractivity contribution is 0.360. The van der Waals surface area contributed by atoms with Crippen LogP contribution in [0.5, 0.6) is 0 Å². The second kappa shape index (κ2) is 6.97. The van der Waals surface area contributed by atoms with Crippen molar-refractivity contribution in [2.24, 2.45) is 15.7 Å². The third kappa shape index (κ3) is 4.14. The molecule has 0 fully saturated rings. The molecule has 0 saturated heterocycles. The zero-order valence-electron chi connectivity index (χ0n) is 16.5. The van der Waals surface area contributed by atoms with Crippen molar-refractivity contribution in [3.63, 3.8) is 0 Å². The Morgan fingerprint density at radius 3 is 2.15 bits per heavy atom. The van der Waals surface area contributed by atoms with Crippen LogP contribution in [0.25, 0.3) is 5.57 Å². The Kier molecular flexibility index (Phi) is 5.00. The van der Waals surface area contributed by atoms with Crippen molar-refractivity contribution in [2.75, 3.05) is 18.2 Å². The molecule has 1 aliphatic heterocycles. The van der Waals surface area contributed by atoms with E-state index in [0.29, 0.717) is 5.84 Å². The van der Waals surface area contributed by atoms with Gasteiger partial charge in [0.2, 0.25) is 0 Å². The van der Waals surface area contributed by atoms with Crippen LogP contribution >= 0.6 is 0 Å². The van der Waals surface area contributed by atoms with Gasteiger partial charge in [0.15, 0.2) is 0 Å². The molecule has 142 valence electrons. The lowest BCUT2D eigenvalue weighted by Gasteiger charge is -2.33. The highest BCUT2D eigenvalue weighted by molar-refractivity contribution is 7.89. The number of para-hydroxylation sites is 1. The van der Waals surface area contributed by atoms with E-state index in [1.165, 1.54) is 0 Å². The fraction of sp³-hybridized carbons (Fsp3) is 0.318. The summed E-state index contributed by atoms with van der Waals surface area (Å²) in [4.78, 5) is 1.92. The molecular formula is C22H26N2O2S. The maximum Gasteiger partial charge on any atom is 0.251 e. The molecule has 5 heteroatoms. The Morgan fingerprint density at radius 1 is 0.963 bits per heavy atom. The molecule has 2 aromatic rings. The van der Waals surface area contributed by atoms with Gasteiger partial charge >= 0.3 is 0 Å². The van der Waals surface area contributed by atoms with Crippen LogP contribution in [-0.2, 0) is 10.0 Å². The summed E-state index contributed by atoms with van der Waals surface area (Å²) < 4.78 is 28.3. The highest BCUT2D eigenvalue weighted by Gasteiger charge is 2.35. The molecule has 4 nitrogen and oxygen atoms in total. The summed E-state index contributed by atoms with van der Waals surface area (Å²) in [6, 6.07) is 18.3. The van der Waals surface area contributed by atoms with Crippen molar-refractivity contribution >= 4 is 27.1 Å². The Morgan fingerprint density at radius 2 is 1.56 bits per heavy atom. The van der Waals surface area contributed by atoms with Gasteiger partial charge in [0, 0.05) is 24.2 Å². The molecule has 1 atom stereocenters. The molecule has 1 aliphatic rings. The van der Waals surface area contributed by atoms with Gasteiger partial charge in [-0.2, -0.15) is 0 Å². The summed E-state index contributed by atoms with van der Waals surface area (Å²) >= 11 is 0. The molecule has 0 spiro atoms. The van der Waals surface area contributed by atoms with Gasteiger partial charge < -0.3 is 4.90 Å². The van der Waals surface area contributed by atoms with Crippen LogP contribution in [0, 0.1) is 11.3 Å². The van der Waals surface area contributed by atoms with Gasteiger partial charge in [0.1, 0.15) is 5.84 Å². The second-order valence-corrected chi connectivity index (χ2v) is 9.70. The second-order valence-electron chi connectivity index (χ2n) is 8.05. The summed E-state index contributed by atoms with van der Waals surface area (Å²) in [6.45, 7) is 6.33. The van der Waals surface area contributed by atoms with Gasteiger partial charge in [0.05, 0.1) is 6.26 Å². The van der Waals surface area contributed by atoms with Crippen molar-refractivity contribution in [1.29, 1.82) is 0 Å². The third-order valence-corrected chi connectivity index (χ3v) is 5.31. The van der Waals surface area contributed by atoms with E-state index in [0.717, 1.165) is 28.6 Å². The molecule has 0 saturated carbocycles. The van der Waals surface area contributed by atoms with E-state index in [1.807, 2.05) is 48.3 Å². The Labute approximate surface area is 162 Å². The van der Waals surface area contributed by atoms with E-state index < -0.39 is 10.0 Å². The number of nitrogens with zero attached hydrogens (tertiary/aromatic N) is 2. The fourth-order valence-electron chi connectivity index (χ4n) is 3.45. The number of hydrogen-bond acceptors (Lipinski definition) is 2. The topological polar surface area (TPSA) is 49.7 Å². The third-order valence-electron chi connectivity index (χ3n) is 4.79. The summed E-state index contributed by atoms with van der Waals surface area (Å²) in [5, 5.41) is 0. The van der Waals surface area contributed by atoms with E-state index in [-0.39, 0.29) is 11.3 Å². The number of sulfonamides is 1. The van der Waals surface area contributed by atoms with Crippen molar-refractivity contribution in [2.45, 2.75) is 20.8 Å². The quantitative estimate of drug-likeness (QED) is 0.763. The molecular weight excluding hydrogens is 356 g/mol. The van der Waals surface area contributed by atoms with Gasteiger partial charge in [-0.3, -0.25) is 0 Å². The summed E-state index contributed by atoms with van der Waals surface area (Å²) in [5.41, 5.74) is 4.01. The van der Waals surface area contributed by atoms with E-state index >= 15 is 0 Å². The van der Waals surface area contributed by atoms with Gasteiger partial charge in [-0.25, -0.2) is 8.42 Å².